The molecule has 3 heterocycles. The number of carbonyl (C=O) groups excluding carboxylic acids is 2. The summed E-state index contributed by atoms with van der Waals surface area (Å²) in [6.07, 6.45) is 2.01. The molecule has 2 amide bonds. The van der Waals surface area contributed by atoms with Crippen LogP contribution in [0, 0.1) is 0 Å². The lowest BCUT2D eigenvalue weighted by atomic mass is 10.2. The lowest BCUT2D eigenvalue weighted by molar-refractivity contribution is 0.0752. The number of carbonyl (C=O) groups is 2. The zero-order valence-electron chi connectivity index (χ0n) is 15.1. The van der Waals surface area contributed by atoms with Crippen LogP contribution in [0.15, 0.2) is 30.3 Å². The molecule has 0 radical (unpaired) electrons. The molecular weight excluding hydrogens is 362 g/mol. The van der Waals surface area contributed by atoms with Crippen LogP contribution in [0.25, 0.3) is 0 Å². The second kappa shape index (κ2) is 7.56. The minimum Gasteiger partial charge on any atom is -0.395 e. The highest BCUT2D eigenvalue weighted by Gasteiger charge is 2.30. The van der Waals surface area contributed by atoms with Crippen LogP contribution in [0.1, 0.15) is 33.0 Å². The van der Waals surface area contributed by atoms with E-state index in [4.69, 9.17) is 5.73 Å². The Morgan fingerprint density at radius 3 is 2.19 bits per heavy atom. The van der Waals surface area contributed by atoms with Gasteiger partial charge in [0.15, 0.2) is 5.69 Å². The van der Waals surface area contributed by atoms with Crippen molar-refractivity contribution in [2.75, 3.05) is 49.9 Å². The summed E-state index contributed by atoms with van der Waals surface area (Å²) in [6.45, 7) is 4.27. The van der Waals surface area contributed by atoms with E-state index in [0.29, 0.717) is 18.0 Å². The van der Waals surface area contributed by atoms with Crippen LogP contribution in [0.4, 0.5) is 11.4 Å². The number of nitrogens with zero attached hydrogens (tertiary/aromatic N) is 4. The van der Waals surface area contributed by atoms with Crippen molar-refractivity contribution in [3.63, 3.8) is 0 Å². The van der Waals surface area contributed by atoms with Crippen LogP contribution in [0.2, 0.25) is 0 Å². The molecule has 0 saturated carbocycles. The molecule has 2 aliphatic heterocycles. The number of nitrogen functional groups attached to an aromatic ring is 1. The molecule has 2 aliphatic rings. The Bertz CT molecular complexity index is 824. The fraction of sp³-hybridized carbons (Fsp3) is 0.421. The smallest absolute Gasteiger partial charge is 0.275 e. The summed E-state index contributed by atoms with van der Waals surface area (Å²) in [5.74, 6) is -0.285. The van der Waals surface area contributed by atoms with Crippen LogP contribution < -0.4 is 10.6 Å². The molecule has 2 saturated heterocycles. The fourth-order valence-corrected chi connectivity index (χ4v) is 4.39. The van der Waals surface area contributed by atoms with E-state index in [1.54, 1.807) is 9.80 Å². The lowest BCUT2D eigenvalue weighted by Crippen LogP contribution is -2.48. The summed E-state index contributed by atoms with van der Waals surface area (Å²) in [4.78, 5) is 31.6. The van der Waals surface area contributed by atoms with E-state index in [2.05, 4.69) is 21.4 Å². The molecule has 142 valence electrons. The SMILES string of the molecule is Nc1c(C(=O)N2CCCC2)nsc1C(=O)N1CCN(c2ccccc2)CC1. The first-order valence-corrected chi connectivity index (χ1v) is 10.1. The standard InChI is InChI=1S/C19H23N5O2S/c20-15-16(18(25)23-8-4-5-9-23)21-27-17(15)19(26)24-12-10-22(11-13-24)14-6-2-1-3-7-14/h1-3,6-7H,4-5,8-13,20H2. The van der Waals surface area contributed by atoms with Gasteiger partial charge in [0, 0.05) is 45.0 Å². The predicted octanol–water partition coefficient (Wildman–Crippen LogP) is 1.92. The Kier molecular flexibility index (Phi) is 4.98. The molecule has 27 heavy (non-hydrogen) atoms. The number of benzene rings is 1. The van der Waals surface area contributed by atoms with Gasteiger partial charge in [-0.25, -0.2) is 0 Å². The molecule has 4 rings (SSSR count). The van der Waals surface area contributed by atoms with Gasteiger partial charge in [0.05, 0.1) is 5.69 Å². The maximum absolute atomic E-state index is 12.9. The molecule has 0 unspecified atom stereocenters. The van der Waals surface area contributed by atoms with Gasteiger partial charge in [0.25, 0.3) is 11.8 Å². The van der Waals surface area contributed by atoms with Crippen LogP contribution in [0.5, 0.6) is 0 Å². The van der Waals surface area contributed by atoms with E-state index in [1.807, 2.05) is 18.2 Å². The van der Waals surface area contributed by atoms with Gasteiger partial charge in [-0.15, -0.1) is 0 Å². The molecule has 1 aromatic carbocycles. The van der Waals surface area contributed by atoms with Crippen LogP contribution in [-0.4, -0.2) is 65.3 Å². The van der Waals surface area contributed by atoms with Crippen molar-refractivity contribution in [2.45, 2.75) is 12.8 Å². The van der Waals surface area contributed by atoms with E-state index < -0.39 is 0 Å². The first-order chi connectivity index (χ1) is 13.1. The molecule has 1 aromatic heterocycles. The molecule has 0 aliphatic carbocycles. The molecular formula is C19H23N5O2S. The van der Waals surface area contributed by atoms with Crippen molar-refractivity contribution >= 4 is 34.7 Å². The zero-order valence-corrected chi connectivity index (χ0v) is 16.0. The van der Waals surface area contributed by atoms with Crippen molar-refractivity contribution < 1.29 is 9.59 Å². The summed E-state index contributed by atoms with van der Waals surface area (Å²) in [6, 6.07) is 10.2. The number of rotatable bonds is 3. The summed E-state index contributed by atoms with van der Waals surface area (Å²) in [5.41, 5.74) is 7.77. The summed E-state index contributed by atoms with van der Waals surface area (Å²) < 4.78 is 4.21. The van der Waals surface area contributed by atoms with E-state index in [1.165, 1.54) is 5.69 Å². The quantitative estimate of drug-likeness (QED) is 0.873. The van der Waals surface area contributed by atoms with Crippen molar-refractivity contribution in [3.05, 3.63) is 40.9 Å². The molecule has 2 N–H and O–H groups in total. The third-order valence-electron chi connectivity index (χ3n) is 5.21. The minimum atomic E-state index is -0.158. The van der Waals surface area contributed by atoms with Gasteiger partial charge in [-0.1, -0.05) is 18.2 Å². The monoisotopic (exact) mass is 385 g/mol. The first kappa shape index (κ1) is 17.8. The minimum absolute atomic E-state index is 0.127. The van der Waals surface area contributed by atoms with E-state index in [-0.39, 0.29) is 23.2 Å². The third kappa shape index (κ3) is 3.49. The Labute approximate surface area is 162 Å². The molecule has 0 spiro atoms. The van der Waals surface area contributed by atoms with Gasteiger partial charge in [-0.05, 0) is 36.5 Å². The lowest BCUT2D eigenvalue weighted by Gasteiger charge is -2.36. The third-order valence-corrected chi connectivity index (χ3v) is 6.06. The maximum atomic E-state index is 12.9. The van der Waals surface area contributed by atoms with Crippen molar-refractivity contribution in [1.82, 2.24) is 14.2 Å². The molecule has 2 fully saturated rings. The molecule has 0 bridgehead atoms. The highest BCUT2D eigenvalue weighted by atomic mass is 32.1. The molecule has 7 nitrogen and oxygen atoms in total. The van der Waals surface area contributed by atoms with Crippen molar-refractivity contribution in [3.8, 4) is 0 Å². The van der Waals surface area contributed by atoms with Crippen molar-refractivity contribution in [2.24, 2.45) is 0 Å². The molecule has 0 atom stereocenters. The van der Waals surface area contributed by atoms with Gasteiger partial charge in [-0.3, -0.25) is 9.59 Å². The van der Waals surface area contributed by atoms with Crippen LogP contribution in [-0.2, 0) is 0 Å². The Hall–Kier alpha value is -2.61. The number of amides is 2. The average molecular weight is 385 g/mol. The van der Waals surface area contributed by atoms with Gasteiger partial charge in [0.1, 0.15) is 4.88 Å². The summed E-state index contributed by atoms with van der Waals surface area (Å²) >= 11 is 1.03. The normalized spacial score (nSPS) is 17.4. The number of hydrogen-bond acceptors (Lipinski definition) is 6. The maximum Gasteiger partial charge on any atom is 0.275 e. The highest BCUT2D eigenvalue weighted by Crippen LogP contribution is 2.26. The number of piperazine rings is 1. The fourth-order valence-electron chi connectivity index (χ4n) is 3.63. The Morgan fingerprint density at radius 2 is 1.52 bits per heavy atom. The largest absolute Gasteiger partial charge is 0.395 e. The van der Waals surface area contributed by atoms with E-state index in [0.717, 1.165) is 50.6 Å². The Morgan fingerprint density at radius 1 is 0.889 bits per heavy atom. The second-order valence-corrected chi connectivity index (χ2v) is 7.66. The predicted molar refractivity (Wildman–Crippen MR) is 106 cm³/mol. The van der Waals surface area contributed by atoms with Crippen molar-refractivity contribution in [1.29, 1.82) is 0 Å². The summed E-state index contributed by atoms with van der Waals surface area (Å²) in [7, 11) is 0. The Balaban J connectivity index is 1.42. The number of para-hydroxylation sites is 1. The highest BCUT2D eigenvalue weighted by molar-refractivity contribution is 7.09. The summed E-state index contributed by atoms with van der Waals surface area (Å²) in [5, 5.41) is 0. The molecule has 2 aromatic rings. The van der Waals surface area contributed by atoms with Crippen LogP contribution in [0.3, 0.4) is 0 Å². The van der Waals surface area contributed by atoms with Crippen LogP contribution >= 0.6 is 11.5 Å². The van der Waals surface area contributed by atoms with E-state index >= 15 is 0 Å². The zero-order chi connectivity index (χ0) is 18.8. The number of nitrogens with two attached hydrogens (primary N) is 1. The van der Waals surface area contributed by atoms with Gasteiger partial charge in [-0.2, -0.15) is 4.37 Å². The van der Waals surface area contributed by atoms with Gasteiger partial charge >= 0.3 is 0 Å². The van der Waals surface area contributed by atoms with E-state index in [9.17, 15) is 9.59 Å². The first-order valence-electron chi connectivity index (χ1n) is 9.29. The number of hydrogen-bond donors (Lipinski definition) is 1. The van der Waals surface area contributed by atoms with Gasteiger partial charge < -0.3 is 20.4 Å². The average Bonchev–Trinajstić information content (AvgIpc) is 3.38. The number of aromatic nitrogens is 1. The van der Waals surface area contributed by atoms with Gasteiger partial charge in [0.2, 0.25) is 0 Å². The number of anilines is 2. The molecule has 8 heteroatoms. The number of likely N-dealkylation sites (tertiary alicyclic amines) is 1. The second-order valence-electron chi connectivity index (χ2n) is 6.89. The topological polar surface area (TPSA) is 82.8 Å².